The van der Waals surface area contributed by atoms with Gasteiger partial charge in [0.05, 0.1) is 23.4 Å². The van der Waals surface area contributed by atoms with Gasteiger partial charge in [-0.05, 0) is 71.4 Å². The van der Waals surface area contributed by atoms with Crippen molar-refractivity contribution in [1.29, 1.82) is 0 Å². The van der Waals surface area contributed by atoms with Gasteiger partial charge in [-0.1, -0.05) is 0 Å². The smallest absolute Gasteiger partial charge is 0.340 e. The number of Topliss-reactive ketones (excluding diaryl/α,β-unsaturated/α-hetero) is 1. The molecule has 0 spiro atoms. The Morgan fingerprint density at radius 3 is 2.13 bits per heavy atom. The molecule has 0 saturated heterocycles. The molecule has 2 rings (SSSR count). The van der Waals surface area contributed by atoms with Crippen LogP contribution < -0.4 is 4.90 Å². The van der Waals surface area contributed by atoms with Crippen LogP contribution >= 0.6 is 0 Å². The molecule has 1 atom stereocenters. The average molecular weight is 415 g/mol. The summed E-state index contributed by atoms with van der Waals surface area (Å²) in [7, 11) is 0. The average Bonchev–Trinajstić information content (AvgIpc) is 3.02. The van der Waals surface area contributed by atoms with Crippen LogP contribution in [0.25, 0.3) is 0 Å². The molecule has 1 aromatic carbocycles. The summed E-state index contributed by atoms with van der Waals surface area (Å²) in [5, 5.41) is 0. The molecule has 1 aromatic heterocycles. The Bertz CT molecular complexity index is 910. The molecule has 162 valence electrons. The quantitative estimate of drug-likeness (QED) is 0.491. The highest BCUT2D eigenvalue weighted by Gasteiger charge is 2.27. The highest BCUT2D eigenvalue weighted by atomic mass is 16.5. The molecule has 0 bridgehead atoms. The molecule has 0 amide bonds. The first-order valence-electron chi connectivity index (χ1n) is 10.2. The van der Waals surface area contributed by atoms with E-state index in [2.05, 4.69) is 23.7 Å². The molecule has 7 nitrogen and oxygen atoms in total. The zero-order valence-corrected chi connectivity index (χ0v) is 18.5. The third-order valence-corrected chi connectivity index (χ3v) is 5.05. The van der Waals surface area contributed by atoms with Crippen molar-refractivity contribution < 1.29 is 23.9 Å². The fraction of sp³-hybridized carbons (Fsp3) is 0.435. The van der Waals surface area contributed by atoms with Crippen LogP contribution in [0.4, 0.5) is 5.69 Å². The maximum Gasteiger partial charge on any atom is 0.340 e. The van der Waals surface area contributed by atoms with Crippen LogP contribution in [-0.2, 0) is 9.47 Å². The largest absolute Gasteiger partial charge is 0.462 e. The van der Waals surface area contributed by atoms with Crippen LogP contribution in [-0.4, -0.2) is 48.5 Å². The molecule has 0 saturated carbocycles. The van der Waals surface area contributed by atoms with Crippen LogP contribution in [0.5, 0.6) is 0 Å². The number of carbonyl (C=O) groups is 3. The third-order valence-electron chi connectivity index (χ3n) is 5.05. The van der Waals surface area contributed by atoms with E-state index in [0.717, 1.165) is 18.8 Å². The molecule has 30 heavy (non-hydrogen) atoms. The van der Waals surface area contributed by atoms with E-state index in [1.807, 2.05) is 12.1 Å². The minimum Gasteiger partial charge on any atom is -0.462 e. The predicted octanol–water partition coefficient (Wildman–Crippen LogP) is 4.08. The number of nitrogens with zero attached hydrogens (tertiary/aromatic N) is 1. The van der Waals surface area contributed by atoms with Crippen LogP contribution in [0.15, 0.2) is 24.3 Å². The summed E-state index contributed by atoms with van der Waals surface area (Å²) in [6.07, 6.45) is -1.01. The van der Waals surface area contributed by atoms with Crippen molar-refractivity contribution >= 4 is 23.4 Å². The standard InChI is InChI=1S/C23H30N2O5/c1-7-25(8-2)18-12-10-17(11-13-18)22(27)30-16(6)21(26)20-14(4)19(15(5)24-20)23(28)29-9-3/h10-13,16,24H,7-9H2,1-6H3/t16-/m1/s1. The van der Waals surface area contributed by atoms with Gasteiger partial charge >= 0.3 is 11.9 Å². The number of esters is 2. The fourth-order valence-corrected chi connectivity index (χ4v) is 3.39. The summed E-state index contributed by atoms with van der Waals surface area (Å²) in [4.78, 5) is 42.5. The first-order valence-corrected chi connectivity index (χ1v) is 10.2. The maximum atomic E-state index is 12.8. The number of aromatic nitrogens is 1. The molecule has 0 fully saturated rings. The second-order valence-corrected chi connectivity index (χ2v) is 6.98. The van der Waals surface area contributed by atoms with Gasteiger partial charge in [-0.15, -0.1) is 0 Å². The Balaban J connectivity index is 2.13. The van der Waals surface area contributed by atoms with Crippen molar-refractivity contribution in [2.45, 2.75) is 47.6 Å². The van der Waals surface area contributed by atoms with Gasteiger partial charge in [0.15, 0.2) is 6.10 Å². The molecule has 1 N–H and O–H groups in total. The molecule has 0 aliphatic heterocycles. The second-order valence-electron chi connectivity index (χ2n) is 6.98. The number of hydrogen-bond donors (Lipinski definition) is 1. The topological polar surface area (TPSA) is 88.7 Å². The minimum absolute atomic E-state index is 0.243. The van der Waals surface area contributed by atoms with Crippen LogP contribution in [0.2, 0.25) is 0 Å². The van der Waals surface area contributed by atoms with E-state index in [9.17, 15) is 14.4 Å². The minimum atomic E-state index is -1.01. The second kappa shape index (κ2) is 10.1. The van der Waals surface area contributed by atoms with E-state index < -0.39 is 23.8 Å². The zero-order valence-electron chi connectivity index (χ0n) is 18.5. The Morgan fingerprint density at radius 2 is 1.60 bits per heavy atom. The van der Waals surface area contributed by atoms with Gasteiger partial charge in [0.1, 0.15) is 0 Å². The summed E-state index contributed by atoms with van der Waals surface area (Å²) in [5.74, 6) is -1.46. The Hall–Kier alpha value is -3.09. The Morgan fingerprint density at radius 1 is 1.00 bits per heavy atom. The van der Waals surface area contributed by atoms with Crippen molar-refractivity contribution in [1.82, 2.24) is 4.98 Å². The molecule has 2 aromatic rings. The third kappa shape index (κ3) is 4.90. The van der Waals surface area contributed by atoms with E-state index in [-0.39, 0.29) is 12.3 Å². The van der Waals surface area contributed by atoms with Crippen molar-refractivity contribution in [3.05, 3.63) is 52.3 Å². The number of ketones is 1. The van der Waals surface area contributed by atoms with E-state index >= 15 is 0 Å². The van der Waals surface area contributed by atoms with Gasteiger partial charge in [0, 0.05) is 24.5 Å². The number of benzene rings is 1. The van der Waals surface area contributed by atoms with E-state index in [1.165, 1.54) is 6.92 Å². The van der Waals surface area contributed by atoms with E-state index in [4.69, 9.17) is 9.47 Å². The lowest BCUT2D eigenvalue weighted by atomic mass is 10.1. The van der Waals surface area contributed by atoms with Gasteiger partial charge in [0.25, 0.3) is 0 Å². The summed E-state index contributed by atoms with van der Waals surface area (Å²) in [5.41, 5.74) is 3.00. The lowest BCUT2D eigenvalue weighted by Crippen LogP contribution is -2.25. The normalized spacial score (nSPS) is 11.7. The number of carbonyl (C=O) groups excluding carboxylic acids is 3. The highest BCUT2D eigenvalue weighted by molar-refractivity contribution is 6.04. The number of hydrogen-bond acceptors (Lipinski definition) is 6. The number of H-pyrrole nitrogens is 1. The molecule has 7 heteroatoms. The summed E-state index contributed by atoms with van der Waals surface area (Å²) in [6, 6.07) is 7.10. The molecular formula is C23H30N2O5. The van der Waals surface area contributed by atoms with Gasteiger partial charge in [-0.25, -0.2) is 9.59 Å². The molecule has 0 aliphatic carbocycles. The predicted molar refractivity (Wildman–Crippen MR) is 115 cm³/mol. The number of aryl methyl sites for hydroxylation is 1. The van der Waals surface area contributed by atoms with Crippen LogP contribution in [0.1, 0.15) is 70.2 Å². The number of ether oxygens (including phenoxy) is 2. The fourth-order valence-electron chi connectivity index (χ4n) is 3.39. The van der Waals surface area contributed by atoms with E-state index in [1.54, 1.807) is 32.9 Å². The molecule has 0 radical (unpaired) electrons. The van der Waals surface area contributed by atoms with Crippen LogP contribution in [0.3, 0.4) is 0 Å². The van der Waals surface area contributed by atoms with Gasteiger partial charge in [-0.2, -0.15) is 0 Å². The SMILES string of the molecule is CCOC(=O)c1c(C)[nH]c(C(=O)[C@@H](C)OC(=O)c2ccc(N(CC)CC)cc2)c1C. The highest BCUT2D eigenvalue weighted by Crippen LogP contribution is 2.22. The van der Waals surface area contributed by atoms with Gasteiger partial charge in [-0.3, -0.25) is 4.79 Å². The van der Waals surface area contributed by atoms with Crippen molar-refractivity contribution in [2.24, 2.45) is 0 Å². The summed E-state index contributed by atoms with van der Waals surface area (Å²) in [6.45, 7) is 12.7. The summed E-state index contributed by atoms with van der Waals surface area (Å²) < 4.78 is 10.4. The van der Waals surface area contributed by atoms with Crippen LogP contribution in [0, 0.1) is 13.8 Å². The lowest BCUT2D eigenvalue weighted by molar-refractivity contribution is 0.0316. The number of aromatic amines is 1. The van der Waals surface area contributed by atoms with Crippen molar-refractivity contribution in [3.8, 4) is 0 Å². The van der Waals surface area contributed by atoms with Crippen molar-refractivity contribution in [3.63, 3.8) is 0 Å². The monoisotopic (exact) mass is 414 g/mol. The number of rotatable bonds is 9. The zero-order chi connectivity index (χ0) is 22.4. The Kier molecular flexibility index (Phi) is 7.80. The molecule has 0 aliphatic rings. The molecular weight excluding hydrogens is 384 g/mol. The maximum absolute atomic E-state index is 12.8. The summed E-state index contributed by atoms with van der Waals surface area (Å²) >= 11 is 0. The first-order chi connectivity index (χ1) is 14.2. The lowest BCUT2D eigenvalue weighted by Gasteiger charge is -2.21. The molecule has 0 unspecified atom stereocenters. The Labute approximate surface area is 177 Å². The number of anilines is 1. The van der Waals surface area contributed by atoms with Gasteiger partial charge in [0.2, 0.25) is 5.78 Å². The van der Waals surface area contributed by atoms with E-state index in [0.29, 0.717) is 22.4 Å². The van der Waals surface area contributed by atoms with Crippen molar-refractivity contribution in [2.75, 3.05) is 24.6 Å². The first kappa shape index (κ1) is 23.2. The number of nitrogens with one attached hydrogen (secondary N) is 1. The van der Waals surface area contributed by atoms with Gasteiger partial charge < -0.3 is 19.4 Å². The molecule has 1 heterocycles.